The molecule has 1 N–H and O–H groups in total. The third-order valence-electron chi connectivity index (χ3n) is 1.94. The summed E-state index contributed by atoms with van der Waals surface area (Å²) in [6.45, 7) is 9.25. The van der Waals surface area contributed by atoms with E-state index in [2.05, 4.69) is 50.4 Å². The second-order valence-corrected chi connectivity index (χ2v) is 3.52. The lowest BCUT2D eigenvalue weighted by Crippen LogP contribution is -2.09. The van der Waals surface area contributed by atoms with E-state index < -0.39 is 0 Å². The molecule has 0 atom stereocenters. The lowest BCUT2D eigenvalue weighted by molar-refractivity contribution is 0.904. The van der Waals surface area contributed by atoms with Gasteiger partial charge in [0.25, 0.3) is 0 Å². The van der Waals surface area contributed by atoms with Crippen LogP contribution in [0.3, 0.4) is 0 Å². The summed E-state index contributed by atoms with van der Waals surface area (Å²) in [5, 5.41) is 3.31. The van der Waals surface area contributed by atoms with E-state index >= 15 is 0 Å². The maximum Gasteiger partial charge on any atom is 0.0330 e. The molecule has 0 saturated carbocycles. The molecule has 84 valence electrons. The van der Waals surface area contributed by atoms with Crippen molar-refractivity contribution < 1.29 is 0 Å². The van der Waals surface area contributed by atoms with Gasteiger partial charge in [-0.1, -0.05) is 42.9 Å². The molecule has 0 aliphatic rings. The Labute approximate surface area is 94.3 Å². The van der Waals surface area contributed by atoms with Crippen LogP contribution in [0, 0.1) is 0 Å². The van der Waals surface area contributed by atoms with E-state index in [4.69, 9.17) is 0 Å². The van der Waals surface area contributed by atoms with Crippen molar-refractivity contribution in [1.82, 2.24) is 5.32 Å². The molecule has 0 aromatic rings. The van der Waals surface area contributed by atoms with E-state index in [0.29, 0.717) is 0 Å². The minimum Gasteiger partial charge on any atom is -0.385 e. The summed E-state index contributed by atoms with van der Waals surface area (Å²) in [6, 6.07) is 0. The van der Waals surface area contributed by atoms with Gasteiger partial charge in [-0.05, 0) is 33.3 Å². The number of nitrogens with one attached hydrogen (secondary N) is 1. The van der Waals surface area contributed by atoms with Crippen LogP contribution >= 0.6 is 0 Å². The monoisotopic (exact) mass is 205 g/mol. The van der Waals surface area contributed by atoms with E-state index in [0.717, 1.165) is 13.0 Å². The molecule has 0 fully saturated rings. The summed E-state index contributed by atoms with van der Waals surface area (Å²) < 4.78 is 0. The summed E-state index contributed by atoms with van der Waals surface area (Å²) in [7, 11) is 0. The molecule has 0 aliphatic heterocycles. The van der Waals surface area contributed by atoms with Crippen molar-refractivity contribution >= 4 is 0 Å². The SMILES string of the molecule is C/C=C\C=C(/C)NC/C=C\C(C)=C/CC. The maximum absolute atomic E-state index is 3.31. The summed E-state index contributed by atoms with van der Waals surface area (Å²) in [4.78, 5) is 0. The molecule has 0 aromatic heterocycles. The smallest absolute Gasteiger partial charge is 0.0330 e. The summed E-state index contributed by atoms with van der Waals surface area (Å²) in [5.41, 5.74) is 2.52. The zero-order valence-electron chi connectivity index (χ0n) is 10.4. The summed E-state index contributed by atoms with van der Waals surface area (Å²) in [6.07, 6.45) is 13.8. The molecule has 0 aliphatic carbocycles. The van der Waals surface area contributed by atoms with Crippen molar-refractivity contribution in [2.45, 2.75) is 34.1 Å². The van der Waals surface area contributed by atoms with E-state index in [-0.39, 0.29) is 0 Å². The number of hydrogen-bond acceptors (Lipinski definition) is 1. The predicted molar refractivity (Wildman–Crippen MR) is 69.8 cm³/mol. The number of hydrogen-bond donors (Lipinski definition) is 1. The van der Waals surface area contributed by atoms with Crippen molar-refractivity contribution in [3.05, 3.63) is 47.7 Å². The van der Waals surface area contributed by atoms with Gasteiger partial charge in [-0.15, -0.1) is 0 Å². The van der Waals surface area contributed by atoms with Crippen LogP contribution in [0.1, 0.15) is 34.1 Å². The highest BCUT2D eigenvalue weighted by molar-refractivity contribution is 5.16. The third-order valence-corrected chi connectivity index (χ3v) is 1.94. The van der Waals surface area contributed by atoms with Gasteiger partial charge in [0.15, 0.2) is 0 Å². The molecular weight excluding hydrogens is 182 g/mol. The van der Waals surface area contributed by atoms with Gasteiger partial charge in [-0.2, -0.15) is 0 Å². The molecule has 0 rings (SSSR count). The standard InChI is InChI=1S/C14H23N/c1-5-7-11-14(4)15-12-8-10-13(3)9-6-2/h5,7-11,15H,6,12H2,1-4H3/b7-5-,10-8-,13-9-,14-11+. The molecule has 0 heterocycles. The Hall–Kier alpha value is -1.24. The van der Waals surface area contributed by atoms with Crippen LogP contribution in [0.25, 0.3) is 0 Å². The minimum atomic E-state index is 0.884. The van der Waals surface area contributed by atoms with E-state index in [9.17, 15) is 0 Å². The van der Waals surface area contributed by atoms with Crippen LogP contribution in [0.15, 0.2) is 47.7 Å². The van der Waals surface area contributed by atoms with Gasteiger partial charge in [0.2, 0.25) is 0 Å². The van der Waals surface area contributed by atoms with Crippen molar-refractivity contribution in [3.63, 3.8) is 0 Å². The molecule has 0 saturated heterocycles. The highest BCUT2D eigenvalue weighted by atomic mass is 14.9. The summed E-state index contributed by atoms with van der Waals surface area (Å²) >= 11 is 0. The molecule has 0 unspecified atom stereocenters. The largest absolute Gasteiger partial charge is 0.385 e. The van der Waals surface area contributed by atoms with Crippen LogP contribution in [0.5, 0.6) is 0 Å². The quantitative estimate of drug-likeness (QED) is 0.647. The first-order chi connectivity index (χ1) is 7.20. The Balaban J connectivity index is 3.84. The van der Waals surface area contributed by atoms with Gasteiger partial charge in [0, 0.05) is 12.2 Å². The zero-order valence-corrected chi connectivity index (χ0v) is 10.4. The van der Waals surface area contributed by atoms with E-state index in [1.54, 1.807) is 0 Å². The molecule has 1 nitrogen and oxygen atoms in total. The lowest BCUT2D eigenvalue weighted by atomic mass is 10.2. The normalized spacial score (nSPS) is 14.1. The van der Waals surface area contributed by atoms with Gasteiger partial charge >= 0.3 is 0 Å². The van der Waals surface area contributed by atoms with Crippen molar-refractivity contribution in [1.29, 1.82) is 0 Å². The number of allylic oxidation sites excluding steroid dienone is 7. The Bertz CT molecular complexity index is 267. The van der Waals surface area contributed by atoms with Gasteiger partial charge in [0.05, 0.1) is 0 Å². The first-order valence-electron chi connectivity index (χ1n) is 5.57. The molecular formula is C14H23N. The highest BCUT2D eigenvalue weighted by Gasteiger charge is 1.83. The topological polar surface area (TPSA) is 12.0 Å². The van der Waals surface area contributed by atoms with Gasteiger partial charge in [0.1, 0.15) is 0 Å². The summed E-state index contributed by atoms with van der Waals surface area (Å²) in [5.74, 6) is 0. The van der Waals surface area contributed by atoms with Crippen molar-refractivity contribution in [3.8, 4) is 0 Å². The average Bonchev–Trinajstić information content (AvgIpc) is 2.22. The molecule has 0 amide bonds. The Kier molecular flexibility index (Phi) is 8.55. The second kappa shape index (κ2) is 9.32. The van der Waals surface area contributed by atoms with Crippen molar-refractivity contribution in [2.24, 2.45) is 0 Å². The first-order valence-corrected chi connectivity index (χ1v) is 5.57. The maximum atomic E-state index is 3.31. The zero-order chi connectivity index (χ0) is 11.5. The Morgan fingerprint density at radius 1 is 1.27 bits per heavy atom. The van der Waals surface area contributed by atoms with Crippen molar-refractivity contribution in [2.75, 3.05) is 6.54 Å². The molecule has 1 heteroatoms. The van der Waals surface area contributed by atoms with E-state index in [1.807, 2.05) is 19.1 Å². The molecule has 0 radical (unpaired) electrons. The van der Waals surface area contributed by atoms with Crippen LogP contribution in [0.2, 0.25) is 0 Å². The highest BCUT2D eigenvalue weighted by Crippen LogP contribution is 1.96. The Morgan fingerprint density at radius 3 is 2.60 bits per heavy atom. The van der Waals surface area contributed by atoms with Crippen LogP contribution in [0.4, 0.5) is 0 Å². The first kappa shape index (κ1) is 13.8. The fourth-order valence-electron chi connectivity index (χ4n) is 1.15. The Morgan fingerprint density at radius 2 is 2.00 bits per heavy atom. The second-order valence-electron chi connectivity index (χ2n) is 3.52. The fourth-order valence-corrected chi connectivity index (χ4v) is 1.15. The lowest BCUT2D eigenvalue weighted by Gasteiger charge is -2.01. The fraction of sp³-hybridized carbons (Fsp3) is 0.429. The minimum absolute atomic E-state index is 0.884. The molecule has 0 bridgehead atoms. The van der Waals surface area contributed by atoms with Crippen LogP contribution < -0.4 is 5.32 Å². The van der Waals surface area contributed by atoms with Gasteiger partial charge < -0.3 is 5.32 Å². The van der Waals surface area contributed by atoms with Crippen LogP contribution in [-0.4, -0.2) is 6.54 Å². The number of rotatable bonds is 6. The van der Waals surface area contributed by atoms with Crippen LogP contribution in [-0.2, 0) is 0 Å². The molecule has 15 heavy (non-hydrogen) atoms. The predicted octanol–water partition coefficient (Wildman–Crippen LogP) is 3.97. The van der Waals surface area contributed by atoms with E-state index in [1.165, 1.54) is 11.3 Å². The van der Waals surface area contributed by atoms with Gasteiger partial charge in [-0.3, -0.25) is 0 Å². The molecule has 0 aromatic carbocycles. The average molecular weight is 205 g/mol. The van der Waals surface area contributed by atoms with Gasteiger partial charge in [-0.25, -0.2) is 0 Å². The third kappa shape index (κ3) is 9.07. The molecule has 0 spiro atoms.